The number of nitrogens with one attached hydrogen (secondary N) is 1. The minimum absolute atomic E-state index is 0.532. The quantitative estimate of drug-likeness (QED) is 0.485. The molecule has 0 aliphatic rings. The zero-order valence-corrected chi connectivity index (χ0v) is 9.34. The van der Waals surface area contributed by atoms with Crippen molar-refractivity contribution in [3.63, 3.8) is 0 Å². The standard InChI is InChI=1S/C11H23NO/c1-10(2)12-8-6-5-7-11(3)9-13-4/h5,7,10-12H,6,8-9H2,1-4H3/b7-5+. The van der Waals surface area contributed by atoms with Crippen LogP contribution >= 0.6 is 0 Å². The molecule has 0 aromatic carbocycles. The molecule has 0 spiro atoms. The van der Waals surface area contributed by atoms with E-state index in [-0.39, 0.29) is 0 Å². The van der Waals surface area contributed by atoms with Crippen LogP contribution in [0.4, 0.5) is 0 Å². The van der Waals surface area contributed by atoms with Crippen molar-refractivity contribution in [2.75, 3.05) is 20.3 Å². The lowest BCUT2D eigenvalue weighted by Gasteiger charge is -2.06. The fourth-order valence-electron chi connectivity index (χ4n) is 1.10. The first-order chi connectivity index (χ1) is 6.16. The van der Waals surface area contributed by atoms with Gasteiger partial charge in [-0.2, -0.15) is 0 Å². The van der Waals surface area contributed by atoms with Crippen LogP contribution < -0.4 is 5.32 Å². The van der Waals surface area contributed by atoms with Gasteiger partial charge in [0, 0.05) is 13.2 Å². The second-order valence-corrected chi connectivity index (χ2v) is 3.76. The minimum Gasteiger partial charge on any atom is -0.384 e. The topological polar surface area (TPSA) is 21.3 Å². The van der Waals surface area contributed by atoms with Crippen LogP contribution in [0.25, 0.3) is 0 Å². The maximum Gasteiger partial charge on any atom is 0.0522 e. The summed E-state index contributed by atoms with van der Waals surface area (Å²) in [4.78, 5) is 0. The van der Waals surface area contributed by atoms with Crippen molar-refractivity contribution in [1.82, 2.24) is 5.32 Å². The molecule has 0 saturated carbocycles. The molecule has 0 aliphatic carbocycles. The third-order valence-electron chi connectivity index (χ3n) is 1.76. The van der Waals surface area contributed by atoms with Crippen LogP contribution in [0.3, 0.4) is 0 Å². The van der Waals surface area contributed by atoms with Crippen LogP contribution in [-0.4, -0.2) is 26.3 Å². The van der Waals surface area contributed by atoms with E-state index in [1.807, 2.05) is 0 Å². The number of ether oxygens (including phenoxy) is 1. The van der Waals surface area contributed by atoms with E-state index in [0.717, 1.165) is 19.6 Å². The molecular weight excluding hydrogens is 162 g/mol. The molecular formula is C11H23NO. The first kappa shape index (κ1) is 12.7. The van der Waals surface area contributed by atoms with E-state index in [1.54, 1.807) is 7.11 Å². The Kier molecular flexibility index (Phi) is 8.05. The van der Waals surface area contributed by atoms with Crippen molar-refractivity contribution < 1.29 is 4.74 Å². The van der Waals surface area contributed by atoms with Gasteiger partial charge in [-0.25, -0.2) is 0 Å². The summed E-state index contributed by atoms with van der Waals surface area (Å²) in [5, 5.41) is 3.37. The SMILES string of the molecule is COCC(C)/C=C/CCNC(C)C. The van der Waals surface area contributed by atoms with Crippen LogP contribution in [0.5, 0.6) is 0 Å². The van der Waals surface area contributed by atoms with Gasteiger partial charge in [0.2, 0.25) is 0 Å². The van der Waals surface area contributed by atoms with E-state index < -0.39 is 0 Å². The number of rotatable bonds is 7. The maximum absolute atomic E-state index is 5.03. The monoisotopic (exact) mass is 185 g/mol. The average molecular weight is 185 g/mol. The highest BCUT2D eigenvalue weighted by Gasteiger charge is 1.93. The van der Waals surface area contributed by atoms with Gasteiger partial charge in [0.15, 0.2) is 0 Å². The van der Waals surface area contributed by atoms with Gasteiger partial charge in [-0.05, 0) is 18.9 Å². The van der Waals surface area contributed by atoms with Crippen LogP contribution in [0, 0.1) is 5.92 Å². The number of hydrogen-bond donors (Lipinski definition) is 1. The van der Waals surface area contributed by atoms with Crippen LogP contribution in [-0.2, 0) is 4.74 Å². The summed E-state index contributed by atoms with van der Waals surface area (Å²) in [6.07, 6.45) is 5.54. The molecule has 2 nitrogen and oxygen atoms in total. The lowest BCUT2D eigenvalue weighted by atomic mass is 10.1. The van der Waals surface area contributed by atoms with Gasteiger partial charge in [-0.3, -0.25) is 0 Å². The molecule has 0 aliphatic heterocycles. The Labute approximate surface area is 82.4 Å². The van der Waals surface area contributed by atoms with Crippen LogP contribution in [0.2, 0.25) is 0 Å². The Hall–Kier alpha value is -0.340. The molecule has 1 atom stereocenters. The van der Waals surface area contributed by atoms with Gasteiger partial charge in [0.1, 0.15) is 0 Å². The molecule has 0 amide bonds. The molecule has 1 unspecified atom stereocenters. The Morgan fingerprint density at radius 3 is 2.54 bits per heavy atom. The molecule has 0 aromatic rings. The second kappa shape index (κ2) is 8.27. The van der Waals surface area contributed by atoms with Crippen molar-refractivity contribution in [2.24, 2.45) is 5.92 Å². The van der Waals surface area contributed by atoms with Crippen LogP contribution in [0.1, 0.15) is 27.2 Å². The maximum atomic E-state index is 5.03. The number of hydrogen-bond acceptors (Lipinski definition) is 2. The zero-order chi connectivity index (χ0) is 10.1. The van der Waals surface area contributed by atoms with Crippen molar-refractivity contribution in [3.8, 4) is 0 Å². The highest BCUT2D eigenvalue weighted by atomic mass is 16.5. The highest BCUT2D eigenvalue weighted by molar-refractivity contribution is 4.86. The first-order valence-corrected chi connectivity index (χ1v) is 5.05. The molecule has 0 saturated heterocycles. The van der Waals surface area contributed by atoms with Crippen LogP contribution in [0.15, 0.2) is 12.2 Å². The molecule has 78 valence electrons. The molecule has 0 heterocycles. The first-order valence-electron chi connectivity index (χ1n) is 5.05. The smallest absolute Gasteiger partial charge is 0.0522 e. The summed E-state index contributed by atoms with van der Waals surface area (Å²) in [6, 6.07) is 0.588. The van der Waals surface area contributed by atoms with E-state index in [1.165, 1.54) is 0 Å². The van der Waals surface area contributed by atoms with E-state index in [4.69, 9.17) is 4.74 Å². The Morgan fingerprint density at radius 1 is 1.31 bits per heavy atom. The van der Waals surface area contributed by atoms with Crippen molar-refractivity contribution in [3.05, 3.63) is 12.2 Å². The third-order valence-corrected chi connectivity index (χ3v) is 1.76. The molecule has 2 heteroatoms. The lowest BCUT2D eigenvalue weighted by Crippen LogP contribution is -2.23. The summed E-state index contributed by atoms with van der Waals surface area (Å²) < 4.78 is 5.03. The molecule has 13 heavy (non-hydrogen) atoms. The van der Waals surface area contributed by atoms with Gasteiger partial charge in [0.25, 0.3) is 0 Å². The van der Waals surface area contributed by atoms with E-state index >= 15 is 0 Å². The van der Waals surface area contributed by atoms with E-state index in [2.05, 4.69) is 38.2 Å². The van der Waals surface area contributed by atoms with Gasteiger partial charge in [0.05, 0.1) is 6.61 Å². The van der Waals surface area contributed by atoms with Crippen molar-refractivity contribution >= 4 is 0 Å². The molecule has 1 N–H and O–H groups in total. The minimum atomic E-state index is 0.532. The zero-order valence-electron chi connectivity index (χ0n) is 9.34. The molecule has 0 radical (unpaired) electrons. The molecule has 0 bridgehead atoms. The second-order valence-electron chi connectivity index (χ2n) is 3.76. The van der Waals surface area contributed by atoms with Gasteiger partial charge < -0.3 is 10.1 Å². The van der Waals surface area contributed by atoms with Crippen molar-refractivity contribution in [2.45, 2.75) is 33.2 Å². The molecule has 0 aromatic heterocycles. The number of methoxy groups -OCH3 is 1. The Morgan fingerprint density at radius 2 is 2.00 bits per heavy atom. The predicted octanol–water partition coefficient (Wildman–Crippen LogP) is 2.21. The summed E-state index contributed by atoms with van der Waals surface area (Å²) in [5.74, 6) is 0.532. The van der Waals surface area contributed by atoms with Gasteiger partial charge in [-0.15, -0.1) is 0 Å². The van der Waals surface area contributed by atoms with Gasteiger partial charge in [-0.1, -0.05) is 32.9 Å². The fraction of sp³-hybridized carbons (Fsp3) is 0.818. The Balaban J connectivity index is 3.30. The van der Waals surface area contributed by atoms with Crippen molar-refractivity contribution in [1.29, 1.82) is 0 Å². The van der Waals surface area contributed by atoms with Gasteiger partial charge >= 0.3 is 0 Å². The summed E-state index contributed by atoms with van der Waals surface area (Å²) in [6.45, 7) is 8.37. The highest BCUT2D eigenvalue weighted by Crippen LogP contribution is 1.97. The normalized spacial score (nSPS) is 14.2. The molecule has 0 fully saturated rings. The van der Waals surface area contributed by atoms with E-state index in [9.17, 15) is 0 Å². The lowest BCUT2D eigenvalue weighted by molar-refractivity contribution is 0.176. The molecule has 0 rings (SSSR count). The largest absolute Gasteiger partial charge is 0.384 e. The average Bonchev–Trinajstić information content (AvgIpc) is 2.03. The Bertz CT molecular complexity index is 132. The third kappa shape index (κ3) is 9.57. The summed E-state index contributed by atoms with van der Waals surface area (Å²) in [5.41, 5.74) is 0. The fourth-order valence-corrected chi connectivity index (χ4v) is 1.10. The summed E-state index contributed by atoms with van der Waals surface area (Å²) in [7, 11) is 1.74. The predicted molar refractivity (Wildman–Crippen MR) is 57.9 cm³/mol. The summed E-state index contributed by atoms with van der Waals surface area (Å²) >= 11 is 0. The van der Waals surface area contributed by atoms with E-state index in [0.29, 0.717) is 12.0 Å².